The molecule has 2 heterocycles. The van der Waals surface area contributed by atoms with Crippen molar-refractivity contribution in [3.8, 4) is 0 Å². The van der Waals surface area contributed by atoms with Crippen molar-refractivity contribution >= 4 is 11.0 Å². The molecule has 0 bridgehead atoms. The summed E-state index contributed by atoms with van der Waals surface area (Å²) in [6.45, 7) is 4.10. The van der Waals surface area contributed by atoms with E-state index in [0.29, 0.717) is 17.9 Å². The Labute approximate surface area is 109 Å². The van der Waals surface area contributed by atoms with Crippen molar-refractivity contribution in [3.63, 3.8) is 0 Å². The van der Waals surface area contributed by atoms with Gasteiger partial charge in [0.15, 0.2) is 5.65 Å². The van der Waals surface area contributed by atoms with Gasteiger partial charge in [0.2, 0.25) is 0 Å². The third-order valence-electron chi connectivity index (χ3n) is 3.07. The molecule has 0 aliphatic carbocycles. The molecule has 0 spiro atoms. The lowest BCUT2D eigenvalue weighted by molar-refractivity contribution is 0.588. The molecule has 0 amide bonds. The first-order valence-electron chi connectivity index (χ1n) is 6.05. The number of hydrogen-bond donors (Lipinski definition) is 0. The molecule has 0 fully saturated rings. The fraction of sp³-hybridized carbons (Fsp3) is 0.214. The lowest BCUT2D eigenvalue weighted by atomic mass is 10.2. The van der Waals surface area contributed by atoms with Crippen LogP contribution in [0.3, 0.4) is 0 Å². The summed E-state index contributed by atoms with van der Waals surface area (Å²) in [5, 5.41) is 5.32. The summed E-state index contributed by atoms with van der Waals surface area (Å²) >= 11 is 0. The highest BCUT2D eigenvalue weighted by Gasteiger charge is 2.11. The maximum Gasteiger partial charge on any atom is 0.162 e. The highest BCUT2D eigenvalue weighted by atomic mass is 19.1. The minimum Gasteiger partial charge on any atom is -0.242 e. The monoisotopic (exact) mass is 256 g/mol. The molecule has 0 unspecified atom stereocenters. The van der Waals surface area contributed by atoms with Gasteiger partial charge in [0.05, 0.1) is 17.6 Å². The first-order chi connectivity index (χ1) is 9.15. The highest BCUT2D eigenvalue weighted by molar-refractivity contribution is 5.77. The lowest BCUT2D eigenvalue weighted by Crippen LogP contribution is -2.05. The van der Waals surface area contributed by atoms with Crippen LogP contribution in [-0.2, 0) is 6.54 Å². The summed E-state index contributed by atoms with van der Waals surface area (Å²) in [6, 6.07) is 6.70. The van der Waals surface area contributed by atoms with Crippen molar-refractivity contribution in [2.75, 3.05) is 0 Å². The van der Waals surface area contributed by atoms with E-state index >= 15 is 0 Å². The van der Waals surface area contributed by atoms with Crippen LogP contribution in [0.5, 0.6) is 0 Å². The Bertz CT molecular complexity index is 748. The molecule has 4 nitrogen and oxygen atoms in total. The molecule has 5 heteroatoms. The fourth-order valence-electron chi connectivity index (χ4n) is 2.09. The van der Waals surface area contributed by atoms with Crippen molar-refractivity contribution in [2.24, 2.45) is 0 Å². The van der Waals surface area contributed by atoms with E-state index in [4.69, 9.17) is 0 Å². The van der Waals surface area contributed by atoms with Gasteiger partial charge in [0.25, 0.3) is 0 Å². The van der Waals surface area contributed by atoms with E-state index in [1.165, 1.54) is 6.07 Å². The van der Waals surface area contributed by atoms with E-state index in [1.807, 2.05) is 19.9 Å². The number of nitrogens with zero attached hydrogens (tertiary/aromatic N) is 4. The normalized spacial score (nSPS) is 11.1. The molecule has 0 saturated carbocycles. The lowest BCUT2D eigenvalue weighted by Gasteiger charge is -2.04. The Kier molecular flexibility index (Phi) is 2.74. The Morgan fingerprint density at radius 2 is 2.00 bits per heavy atom. The van der Waals surface area contributed by atoms with Crippen LogP contribution in [0.1, 0.15) is 17.1 Å². The van der Waals surface area contributed by atoms with E-state index in [1.54, 1.807) is 23.0 Å². The van der Waals surface area contributed by atoms with E-state index < -0.39 is 0 Å². The van der Waals surface area contributed by atoms with Gasteiger partial charge in [-0.15, -0.1) is 0 Å². The number of rotatable bonds is 2. The van der Waals surface area contributed by atoms with Crippen LogP contribution in [-0.4, -0.2) is 19.7 Å². The summed E-state index contributed by atoms with van der Waals surface area (Å²) in [5.41, 5.74) is 2.20. The van der Waals surface area contributed by atoms with Crippen molar-refractivity contribution in [1.29, 1.82) is 0 Å². The van der Waals surface area contributed by atoms with Gasteiger partial charge in [-0.3, -0.25) is 0 Å². The molecule has 0 N–H and O–H groups in total. The zero-order chi connectivity index (χ0) is 13.4. The maximum absolute atomic E-state index is 13.7. The molecule has 96 valence electrons. The molecule has 3 rings (SSSR count). The SMILES string of the molecule is Cc1ncc2c(C)nn(Cc3ccccc3F)c2n1. The molecule has 3 aromatic rings. The van der Waals surface area contributed by atoms with Crippen LogP contribution in [0.2, 0.25) is 0 Å². The van der Waals surface area contributed by atoms with Crippen LogP contribution in [0.25, 0.3) is 11.0 Å². The molecule has 1 aromatic carbocycles. The van der Waals surface area contributed by atoms with Gasteiger partial charge in [0, 0.05) is 11.8 Å². The van der Waals surface area contributed by atoms with Gasteiger partial charge < -0.3 is 0 Å². The number of benzene rings is 1. The van der Waals surface area contributed by atoms with Crippen LogP contribution in [0, 0.1) is 19.7 Å². The highest BCUT2D eigenvalue weighted by Crippen LogP contribution is 2.17. The Morgan fingerprint density at radius 1 is 1.21 bits per heavy atom. The first-order valence-corrected chi connectivity index (χ1v) is 6.05. The standard InChI is InChI=1S/C14H13FN4/c1-9-12-7-16-10(2)17-14(12)19(18-9)8-11-5-3-4-6-13(11)15/h3-7H,8H2,1-2H3. The third kappa shape index (κ3) is 2.07. The summed E-state index contributed by atoms with van der Waals surface area (Å²) in [4.78, 5) is 8.56. The number of aryl methyl sites for hydroxylation is 2. The van der Waals surface area contributed by atoms with Gasteiger partial charge >= 0.3 is 0 Å². The van der Waals surface area contributed by atoms with E-state index in [-0.39, 0.29) is 5.82 Å². The van der Waals surface area contributed by atoms with Gasteiger partial charge in [-0.1, -0.05) is 18.2 Å². The Morgan fingerprint density at radius 3 is 2.79 bits per heavy atom. The van der Waals surface area contributed by atoms with Gasteiger partial charge in [0.1, 0.15) is 11.6 Å². The minimum atomic E-state index is -0.227. The van der Waals surface area contributed by atoms with Crippen molar-refractivity contribution < 1.29 is 4.39 Å². The summed E-state index contributed by atoms with van der Waals surface area (Å²) in [5.74, 6) is 0.455. The number of halogens is 1. The number of aromatic nitrogens is 4. The fourth-order valence-corrected chi connectivity index (χ4v) is 2.09. The van der Waals surface area contributed by atoms with Crippen molar-refractivity contribution in [3.05, 3.63) is 53.4 Å². The molecule has 0 aliphatic rings. The Balaban J connectivity index is 2.11. The molecular formula is C14H13FN4. The van der Waals surface area contributed by atoms with Crippen LogP contribution < -0.4 is 0 Å². The second-order valence-corrected chi connectivity index (χ2v) is 4.49. The van der Waals surface area contributed by atoms with Gasteiger partial charge in [-0.05, 0) is 19.9 Å². The largest absolute Gasteiger partial charge is 0.242 e. The second-order valence-electron chi connectivity index (χ2n) is 4.49. The van der Waals surface area contributed by atoms with Gasteiger partial charge in [-0.2, -0.15) is 5.10 Å². The molecular weight excluding hydrogens is 243 g/mol. The minimum absolute atomic E-state index is 0.227. The van der Waals surface area contributed by atoms with E-state index in [2.05, 4.69) is 15.1 Å². The molecule has 0 radical (unpaired) electrons. The summed E-state index contributed by atoms with van der Waals surface area (Å²) in [7, 11) is 0. The van der Waals surface area contributed by atoms with E-state index in [0.717, 1.165) is 16.7 Å². The maximum atomic E-state index is 13.7. The average Bonchev–Trinajstić information content (AvgIpc) is 2.69. The van der Waals surface area contributed by atoms with E-state index in [9.17, 15) is 4.39 Å². The molecule has 19 heavy (non-hydrogen) atoms. The third-order valence-corrected chi connectivity index (χ3v) is 3.07. The topological polar surface area (TPSA) is 43.6 Å². The predicted molar refractivity (Wildman–Crippen MR) is 70.3 cm³/mol. The average molecular weight is 256 g/mol. The zero-order valence-electron chi connectivity index (χ0n) is 10.8. The molecule has 0 atom stereocenters. The van der Waals surface area contributed by atoms with Crippen LogP contribution in [0.4, 0.5) is 4.39 Å². The molecule has 0 aliphatic heterocycles. The zero-order valence-corrected chi connectivity index (χ0v) is 10.8. The second kappa shape index (κ2) is 4.42. The molecule has 0 saturated heterocycles. The summed E-state index contributed by atoms with van der Waals surface area (Å²) in [6.07, 6.45) is 1.76. The number of fused-ring (bicyclic) bond motifs is 1. The quantitative estimate of drug-likeness (QED) is 0.708. The number of hydrogen-bond acceptors (Lipinski definition) is 3. The smallest absolute Gasteiger partial charge is 0.162 e. The van der Waals surface area contributed by atoms with Crippen LogP contribution >= 0.6 is 0 Å². The van der Waals surface area contributed by atoms with Crippen molar-refractivity contribution in [2.45, 2.75) is 20.4 Å². The van der Waals surface area contributed by atoms with Crippen LogP contribution in [0.15, 0.2) is 30.5 Å². The Hall–Kier alpha value is -2.30. The van der Waals surface area contributed by atoms with Crippen molar-refractivity contribution in [1.82, 2.24) is 19.7 Å². The predicted octanol–water partition coefficient (Wildman–Crippen LogP) is 2.63. The first kappa shape index (κ1) is 11.8. The molecule has 2 aromatic heterocycles. The summed E-state index contributed by atoms with van der Waals surface area (Å²) < 4.78 is 15.4. The van der Waals surface area contributed by atoms with Gasteiger partial charge in [-0.25, -0.2) is 19.0 Å².